The average molecular weight is 193 g/mol. The molecule has 1 atom stereocenters. The molecular weight excluding hydrogens is 181 g/mol. The van der Waals surface area contributed by atoms with Crippen LogP contribution >= 0.6 is 0 Å². The largest absolute Gasteiger partial charge is 0.299 e. The molecule has 1 unspecified atom stereocenters. The maximum atomic E-state index is 12.9. The summed E-state index contributed by atoms with van der Waals surface area (Å²) in [5.41, 5.74) is 0.477. The summed E-state index contributed by atoms with van der Waals surface area (Å²) >= 11 is 0. The third-order valence-electron chi connectivity index (χ3n) is 3.11. The van der Waals surface area contributed by atoms with E-state index in [0.29, 0.717) is 6.42 Å². The molecule has 0 saturated heterocycles. The minimum atomic E-state index is -0.352. The van der Waals surface area contributed by atoms with E-state index in [4.69, 9.17) is 0 Å². The highest BCUT2D eigenvalue weighted by Crippen LogP contribution is 2.49. The van der Waals surface area contributed by atoms with E-state index in [2.05, 4.69) is 4.98 Å². The van der Waals surface area contributed by atoms with Crippen molar-refractivity contribution in [2.45, 2.75) is 26.2 Å². The number of carbonyl (C=O) groups is 1. The molecule has 0 amide bonds. The van der Waals surface area contributed by atoms with Crippen molar-refractivity contribution in [3.8, 4) is 0 Å². The van der Waals surface area contributed by atoms with Crippen molar-refractivity contribution in [1.29, 1.82) is 0 Å². The van der Waals surface area contributed by atoms with Crippen LogP contribution in [-0.2, 0) is 4.79 Å². The predicted molar refractivity (Wildman–Crippen MR) is 50.3 cm³/mol. The Morgan fingerprint density at radius 1 is 1.50 bits per heavy atom. The van der Waals surface area contributed by atoms with E-state index in [0.717, 1.165) is 5.56 Å². The van der Waals surface area contributed by atoms with Gasteiger partial charge in [-0.1, -0.05) is 13.8 Å². The second-order valence-corrected chi connectivity index (χ2v) is 4.34. The van der Waals surface area contributed by atoms with Gasteiger partial charge in [0.15, 0.2) is 0 Å². The molecule has 74 valence electrons. The Hall–Kier alpha value is -1.25. The van der Waals surface area contributed by atoms with Gasteiger partial charge in [-0.2, -0.15) is 0 Å². The molecule has 1 fully saturated rings. The summed E-state index contributed by atoms with van der Waals surface area (Å²) in [5, 5.41) is 0. The molecule has 0 bridgehead atoms. The highest BCUT2D eigenvalue weighted by atomic mass is 19.1. The minimum Gasteiger partial charge on any atom is -0.299 e. The van der Waals surface area contributed by atoms with Gasteiger partial charge in [0.25, 0.3) is 0 Å². The maximum Gasteiger partial charge on any atom is 0.141 e. The van der Waals surface area contributed by atoms with E-state index in [9.17, 15) is 9.18 Å². The first kappa shape index (κ1) is 9.31. The molecule has 1 heterocycles. The summed E-state index contributed by atoms with van der Waals surface area (Å²) in [5.74, 6) is 0.0302. The van der Waals surface area contributed by atoms with Crippen LogP contribution < -0.4 is 0 Å². The molecule has 0 spiro atoms. The second kappa shape index (κ2) is 2.87. The average Bonchev–Trinajstić information content (AvgIpc) is 2.14. The fourth-order valence-electron chi connectivity index (χ4n) is 1.92. The van der Waals surface area contributed by atoms with Gasteiger partial charge in [-0.05, 0) is 11.6 Å². The first-order valence-corrected chi connectivity index (χ1v) is 4.65. The zero-order chi connectivity index (χ0) is 10.3. The van der Waals surface area contributed by atoms with Crippen LogP contribution in [0.25, 0.3) is 0 Å². The van der Waals surface area contributed by atoms with Gasteiger partial charge < -0.3 is 0 Å². The van der Waals surface area contributed by atoms with Crippen molar-refractivity contribution in [1.82, 2.24) is 4.98 Å². The Kier molecular flexibility index (Phi) is 1.91. The van der Waals surface area contributed by atoms with Crippen molar-refractivity contribution in [3.63, 3.8) is 0 Å². The zero-order valence-corrected chi connectivity index (χ0v) is 8.25. The number of Topliss-reactive ketones (excluding diaryl/α,β-unsaturated/α-hetero) is 1. The third-order valence-corrected chi connectivity index (χ3v) is 3.11. The second-order valence-electron chi connectivity index (χ2n) is 4.34. The van der Waals surface area contributed by atoms with E-state index >= 15 is 0 Å². The van der Waals surface area contributed by atoms with Crippen molar-refractivity contribution >= 4 is 5.78 Å². The first-order valence-electron chi connectivity index (χ1n) is 4.65. The number of ketones is 1. The molecular formula is C11H12FNO. The molecule has 14 heavy (non-hydrogen) atoms. The van der Waals surface area contributed by atoms with E-state index in [1.165, 1.54) is 12.3 Å². The smallest absolute Gasteiger partial charge is 0.141 e. The summed E-state index contributed by atoms with van der Waals surface area (Å²) in [4.78, 5) is 15.1. The summed E-state index contributed by atoms with van der Waals surface area (Å²) < 4.78 is 12.9. The van der Waals surface area contributed by atoms with Crippen molar-refractivity contribution in [2.24, 2.45) is 5.41 Å². The summed E-state index contributed by atoms with van der Waals surface area (Å²) in [6.07, 6.45) is 3.33. The van der Waals surface area contributed by atoms with Gasteiger partial charge in [0, 0.05) is 24.0 Å². The first-order chi connectivity index (χ1) is 6.51. The van der Waals surface area contributed by atoms with E-state index in [1.807, 2.05) is 13.8 Å². The number of hydrogen-bond donors (Lipinski definition) is 0. The van der Waals surface area contributed by atoms with Crippen molar-refractivity contribution < 1.29 is 9.18 Å². The normalized spacial score (nSPS) is 24.5. The van der Waals surface area contributed by atoms with Gasteiger partial charge in [0.05, 0.1) is 6.20 Å². The van der Waals surface area contributed by atoms with Crippen LogP contribution in [0, 0.1) is 11.2 Å². The maximum absolute atomic E-state index is 12.9. The molecule has 2 nitrogen and oxygen atoms in total. The topological polar surface area (TPSA) is 30.0 Å². The Balaban J connectivity index is 2.30. The lowest BCUT2D eigenvalue weighted by atomic mass is 9.59. The zero-order valence-electron chi connectivity index (χ0n) is 8.25. The molecule has 0 aliphatic heterocycles. The highest BCUT2D eigenvalue weighted by Gasteiger charge is 2.47. The molecule has 0 N–H and O–H groups in total. The monoisotopic (exact) mass is 193 g/mol. The number of carbonyl (C=O) groups excluding carboxylic acids is 1. The molecule has 2 rings (SSSR count). The highest BCUT2D eigenvalue weighted by molar-refractivity contribution is 5.92. The van der Waals surface area contributed by atoms with Gasteiger partial charge in [0.2, 0.25) is 0 Å². The van der Waals surface area contributed by atoms with Gasteiger partial charge in [-0.25, -0.2) is 4.39 Å². The van der Waals surface area contributed by atoms with Gasteiger partial charge in [-0.15, -0.1) is 0 Å². The number of nitrogens with zero attached hydrogens (tertiary/aromatic N) is 1. The Morgan fingerprint density at radius 2 is 2.21 bits per heavy atom. The van der Waals surface area contributed by atoms with Crippen LogP contribution in [0.5, 0.6) is 0 Å². The van der Waals surface area contributed by atoms with E-state index in [1.54, 1.807) is 6.20 Å². The lowest BCUT2D eigenvalue weighted by molar-refractivity contribution is -0.137. The fraction of sp³-hybridized carbons (Fsp3) is 0.455. The molecule has 0 aromatic carbocycles. The fourth-order valence-corrected chi connectivity index (χ4v) is 1.92. The van der Waals surface area contributed by atoms with Crippen LogP contribution in [-0.4, -0.2) is 10.8 Å². The third kappa shape index (κ3) is 1.24. The molecule has 1 aromatic rings. The number of hydrogen-bond acceptors (Lipinski definition) is 2. The van der Waals surface area contributed by atoms with Crippen LogP contribution in [0.2, 0.25) is 0 Å². The Morgan fingerprint density at radius 3 is 2.71 bits per heavy atom. The minimum absolute atomic E-state index is 0.123. The van der Waals surface area contributed by atoms with E-state index in [-0.39, 0.29) is 22.9 Å². The SMILES string of the molecule is CC1(C)C(=O)CC1c1cncc(F)c1. The quantitative estimate of drug-likeness (QED) is 0.685. The van der Waals surface area contributed by atoms with Crippen LogP contribution in [0.3, 0.4) is 0 Å². The summed E-state index contributed by atoms with van der Waals surface area (Å²) in [6.45, 7) is 3.79. The molecule has 1 aliphatic rings. The summed E-state index contributed by atoms with van der Waals surface area (Å²) in [7, 11) is 0. The molecule has 0 radical (unpaired) electrons. The Labute approximate surface area is 82.2 Å². The predicted octanol–water partition coefficient (Wildman–Crippen LogP) is 2.30. The van der Waals surface area contributed by atoms with Gasteiger partial charge in [0.1, 0.15) is 11.6 Å². The van der Waals surface area contributed by atoms with Gasteiger partial charge >= 0.3 is 0 Å². The van der Waals surface area contributed by atoms with Crippen LogP contribution in [0.15, 0.2) is 18.5 Å². The molecule has 3 heteroatoms. The number of rotatable bonds is 1. The summed E-state index contributed by atoms with van der Waals surface area (Å²) in [6, 6.07) is 1.46. The van der Waals surface area contributed by atoms with Crippen LogP contribution in [0.1, 0.15) is 31.7 Å². The molecule has 1 saturated carbocycles. The number of pyridine rings is 1. The number of aromatic nitrogens is 1. The van der Waals surface area contributed by atoms with Crippen LogP contribution in [0.4, 0.5) is 4.39 Å². The lowest BCUT2D eigenvalue weighted by Gasteiger charge is -2.42. The lowest BCUT2D eigenvalue weighted by Crippen LogP contribution is -2.43. The number of halogens is 1. The standard InChI is InChI=1S/C11H12FNO/c1-11(2)9(4-10(11)14)7-3-8(12)6-13-5-7/h3,5-6,9H,4H2,1-2H3. The van der Waals surface area contributed by atoms with E-state index < -0.39 is 0 Å². The van der Waals surface area contributed by atoms with Crippen molar-refractivity contribution in [3.05, 3.63) is 29.8 Å². The molecule has 1 aliphatic carbocycles. The van der Waals surface area contributed by atoms with Crippen molar-refractivity contribution in [2.75, 3.05) is 0 Å². The Bertz CT molecular complexity index is 387. The van der Waals surface area contributed by atoms with Gasteiger partial charge in [-0.3, -0.25) is 9.78 Å². The molecule has 1 aromatic heterocycles.